The van der Waals surface area contributed by atoms with Crippen molar-refractivity contribution in [3.05, 3.63) is 69.6 Å². The molecule has 0 radical (unpaired) electrons. The zero-order chi connectivity index (χ0) is 20.4. The summed E-state index contributed by atoms with van der Waals surface area (Å²) in [5.41, 5.74) is 10.2. The minimum atomic E-state index is -0.433. The molecule has 0 spiro atoms. The maximum Gasteiger partial charge on any atom is 0.337 e. The van der Waals surface area contributed by atoms with Crippen LogP contribution in [0, 0.1) is 12.8 Å². The van der Waals surface area contributed by atoms with Gasteiger partial charge >= 0.3 is 5.97 Å². The monoisotopic (exact) mass is 378 g/mol. The van der Waals surface area contributed by atoms with Crippen LogP contribution in [0.3, 0.4) is 0 Å². The highest BCUT2D eigenvalue weighted by atomic mass is 16.5. The molecule has 146 valence electrons. The lowest BCUT2D eigenvalue weighted by molar-refractivity contribution is 0.0601. The Bertz CT molecular complexity index is 1080. The van der Waals surface area contributed by atoms with E-state index in [1.165, 1.54) is 7.11 Å². The average Bonchev–Trinajstić information content (AvgIpc) is 2.69. The third-order valence-corrected chi connectivity index (χ3v) is 4.88. The van der Waals surface area contributed by atoms with Gasteiger partial charge in [-0.2, -0.15) is 0 Å². The molecule has 0 saturated carbocycles. The van der Waals surface area contributed by atoms with E-state index in [0.29, 0.717) is 23.4 Å². The second-order valence-corrected chi connectivity index (χ2v) is 7.45. The number of aryl methyl sites for hydroxylation is 1. The fraction of sp³-hybridized carbons (Fsp3) is 0.304. The van der Waals surface area contributed by atoms with Crippen LogP contribution in [0.15, 0.2) is 47.3 Å². The summed E-state index contributed by atoms with van der Waals surface area (Å²) in [6, 6.07) is 13.2. The van der Waals surface area contributed by atoms with Crippen LogP contribution in [0.5, 0.6) is 0 Å². The topological polar surface area (TPSA) is 74.3 Å². The van der Waals surface area contributed by atoms with E-state index in [1.807, 2.05) is 31.2 Å². The predicted octanol–water partition coefficient (Wildman–Crippen LogP) is 3.88. The highest BCUT2D eigenvalue weighted by Crippen LogP contribution is 2.32. The first kappa shape index (κ1) is 19.8. The zero-order valence-electron chi connectivity index (χ0n) is 16.8. The number of carbonyl (C=O) groups excluding carboxylic acids is 1. The number of pyridine rings is 1. The number of benzene rings is 2. The van der Waals surface area contributed by atoms with Gasteiger partial charge in [0, 0.05) is 29.7 Å². The normalized spacial score (nSPS) is 11.2. The van der Waals surface area contributed by atoms with E-state index in [4.69, 9.17) is 10.5 Å². The molecule has 5 nitrogen and oxygen atoms in total. The molecule has 2 N–H and O–H groups in total. The van der Waals surface area contributed by atoms with Crippen molar-refractivity contribution in [2.24, 2.45) is 11.7 Å². The summed E-state index contributed by atoms with van der Waals surface area (Å²) >= 11 is 0. The van der Waals surface area contributed by atoms with Gasteiger partial charge in [-0.25, -0.2) is 4.79 Å². The van der Waals surface area contributed by atoms with Crippen LogP contribution in [-0.2, 0) is 17.8 Å². The number of nitrogens with two attached hydrogens (primary N) is 1. The summed E-state index contributed by atoms with van der Waals surface area (Å²) in [6.07, 6.45) is 0. The second-order valence-electron chi connectivity index (χ2n) is 7.45. The fourth-order valence-corrected chi connectivity index (χ4v) is 3.55. The number of carbonyl (C=O) groups is 1. The largest absolute Gasteiger partial charge is 0.465 e. The van der Waals surface area contributed by atoms with E-state index in [9.17, 15) is 9.59 Å². The van der Waals surface area contributed by atoms with E-state index in [0.717, 1.165) is 27.8 Å². The molecule has 0 saturated heterocycles. The van der Waals surface area contributed by atoms with Gasteiger partial charge in [-0.1, -0.05) is 43.7 Å². The Kier molecular flexibility index (Phi) is 5.66. The van der Waals surface area contributed by atoms with Gasteiger partial charge in [-0.05, 0) is 42.0 Å². The van der Waals surface area contributed by atoms with E-state index in [1.54, 1.807) is 22.8 Å². The van der Waals surface area contributed by atoms with Crippen molar-refractivity contribution in [2.45, 2.75) is 33.9 Å². The number of esters is 1. The van der Waals surface area contributed by atoms with Gasteiger partial charge in [-0.15, -0.1) is 0 Å². The number of hydrogen-bond acceptors (Lipinski definition) is 4. The number of rotatable bonds is 5. The maximum absolute atomic E-state index is 13.2. The van der Waals surface area contributed by atoms with Crippen LogP contribution in [0.25, 0.3) is 21.9 Å². The summed E-state index contributed by atoms with van der Waals surface area (Å²) in [5, 5.41) is 1.29. The molecule has 0 aliphatic carbocycles. The van der Waals surface area contributed by atoms with E-state index >= 15 is 0 Å². The number of methoxy groups -OCH3 is 1. The molecule has 1 aromatic heterocycles. The highest BCUT2D eigenvalue weighted by molar-refractivity contribution is 6.02. The van der Waals surface area contributed by atoms with Gasteiger partial charge in [-0.3, -0.25) is 4.79 Å². The maximum atomic E-state index is 13.2. The molecule has 1 heterocycles. The second kappa shape index (κ2) is 7.98. The predicted molar refractivity (Wildman–Crippen MR) is 112 cm³/mol. The molecule has 5 heteroatoms. The van der Waals surface area contributed by atoms with Crippen molar-refractivity contribution in [1.29, 1.82) is 0 Å². The van der Waals surface area contributed by atoms with Gasteiger partial charge < -0.3 is 15.0 Å². The standard InChI is InChI=1S/C23H26N2O3/c1-14(2)13-25-20(12-24)21(16-7-5-15(3)6-8-16)19-11-17(23(27)28-4)9-10-18(19)22(25)26/h5-11,14H,12-13,24H2,1-4H3. The number of aromatic nitrogens is 1. The summed E-state index contributed by atoms with van der Waals surface area (Å²) in [7, 11) is 1.35. The van der Waals surface area contributed by atoms with E-state index in [-0.39, 0.29) is 12.1 Å². The number of fused-ring (bicyclic) bond motifs is 1. The minimum Gasteiger partial charge on any atom is -0.465 e. The summed E-state index contributed by atoms with van der Waals surface area (Å²) < 4.78 is 6.64. The number of nitrogens with zero attached hydrogens (tertiary/aromatic N) is 1. The highest BCUT2D eigenvalue weighted by Gasteiger charge is 2.19. The van der Waals surface area contributed by atoms with Crippen LogP contribution < -0.4 is 11.3 Å². The minimum absolute atomic E-state index is 0.0866. The number of hydrogen-bond donors (Lipinski definition) is 1. The quantitative estimate of drug-likeness (QED) is 0.684. The lowest BCUT2D eigenvalue weighted by atomic mass is 9.94. The Morgan fingerprint density at radius 1 is 1.11 bits per heavy atom. The molecule has 0 amide bonds. The smallest absolute Gasteiger partial charge is 0.337 e. The summed E-state index contributed by atoms with van der Waals surface area (Å²) in [5.74, 6) is -0.141. The van der Waals surface area contributed by atoms with Crippen LogP contribution in [0.2, 0.25) is 0 Å². The van der Waals surface area contributed by atoms with Crippen molar-refractivity contribution in [1.82, 2.24) is 4.57 Å². The van der Waals surface area contributed by atoms with Crippen LogP contribution in [0.1, 0.15) is 35.5 Å². The van der Waals surface area contributed by atoms with Crippen LogP contribution in [-0.4, -0.2) is 17.6 Å². The Morgan fingerprint density at radius 3 is 2.36 bits per heavy atom. The van der Waals surface area contributed by atoms with Gasteiger partial charge in [0.2, 0.25) is 0 Å². The Balaban J connectivity index is 2.46. The third kappa shape index (κ3) is 3.58. The first-order valence-corrected chi connectivity index (χ1v) is 9.42. The van der Waals surface area contributed by atoms with E-state index < -0.39 is 5.97 Å². The van der Waals surface area contributed by atoms with Gasteiger partial charge in [0.15, 0.2) is 0 Å². The Morgan fingerprint density at radius 2 is 1.79 bits per heavy atom. The fourth-order valence-electron chi connectivity index (χ4n) is 3.55. The first-order valence-electron chi connectivity index (χ1n) is 9.42. The third-order valence-electron chi connectivity index (χ3n) is 4.88. The molecule has 0 bridgehead atoms. The lowest BCUT2D eigenvalue weighted by Crippen LogP contribution is -2.28. The molecule has 3 aromatic rings. The summed E-state index contributed by atoms with van der Waals surface area (Å²) in [4.78, 5) is 25.3. The number of ether oxygens (including phenoxy) is 1. The Hall–Kier alpha value is -2.92. The first-order chi connectivity index (χ1) is 13.4. The van der Waals surface area contributed by atoms with Crippen molar-refractivity contribution < 1.29 is 9.53 Å². The molecule has 28 heavy (non-hydrogen) atoms. The molecular weight excluding hydrogens is 352 g/mol. The molecule has 0 unspecified atom stereocenters. The average molecular weight is 378 g/mol. The summed E-state index contributed by atoms with van der Waals surface area (Å²) in [6.45, 7) is 6.98. The Labute approximate surface area is 164 Å². The zero-order valence-corrected chi connectivity index (χ0v) is 16.8. The van der Waals surface area contributed by atoms with Crippen molar-refractivity contribution >= 4 is 16.7 Å². The van der Waals surface area contributed by atoms with E-state index in [2.05, 4.69) is 13.8 Å². The van der Waals surface area contributed by atoms with Crippen molar-refractivity contribution in [3.63, 3.8) is 0 Å². The van der Waals surface area contributed by atoms with Crippen molar-refractivity contribution in [3.8, 4) is 11.1 Å². The van der Waals surface area contributed by atoms with Crippen LogP contribution in [0.4, 0.5) is 0 Å². The van der Waals surface area contributed by atoms with Gasteiger partial charge in [0.25, 0.3) is 5.56 Å². The molecule has 0 fully saturated rings. The SMILES string of the molecule is COC(=O)c1ccc2c(=O)n(CC(C)C)c(CN)c(-c3ccc(C)cc3)c2c1. The molecule has 2 aromatic carbocycles. The molecule has 0 aliphatic rings. The molecule has 0 aliphatic heterocycles. The van der Waals surface area contributed by atoms with Gasteiger partial charge in [0.05, 0.1) is 12.7 Å². The molecule has 3 rings (SSSR count). The lowest BCUT2D eigenvalue weighted by Gasteiger charge is -2.21. The van der Waals surface area contributed by atoms with Gasteiger partial charge in [0.1, 0.15) is 0 Å². The van der Waals surface area contributed by atoms with Crippen LogP contribution >= 0.6 is 0 Å². The van der Waals surface area contributed by atoms with Crippen molar-refractivity contribution in [2.75, 3.05) is 7.11 Å². The molecule has 0 atom stereocenters. The molecular formula is C23H26N2O3.